The Morgan fingerprint density at radius 1 is 1.47 bits per heavy atom. The van der Waals surface area contributed by atoms with Gasteiger partial charge >= 0.3 is 0 Å². The summed E-state index contributed by atoms with van der Waals surface area (Å²) in [7, 11) is 1.63. The zero-order valence-electron chi connectivity index (χ0n) is 9.04. The SMILES string of the molecule is COc1cccc(NC(=O)C2CC2)c1C. The molecule has 0 radical (unpaired) electrons. The quantitative estimate of drug-likeness (QED) is 0.822. The standard InChI is InChI=1S/C12H15NO2/c1-8-10(4-3-5-11(8)15-2)13-12(14)9-6-7-9/h3-5,9H,6-7H2,1-2H3,(H,13,14). The van der Waals surface area contributed by atoms with Crippen LogP contribution in [0.25, 0.3) is 0 Å². The fourth-order valence-electron chi connectivity index (χ4n) is 1.55. The summed E-state index contributed by atoms with van der Waals surface area (Å²) in [6, 6.07) is 5.68. The van der Waals surface area contributed by atoms with Gasteiger partial charge in [0.15, 0.2) is 0 Å². The minimum absolute atomic E-state index is 0.131. The second-order valence-electron chi connectivity index (χ2n) is 3.90. The molecule has 80 valence electrons. The van der Waals surface area contributed by atoms with Crippen molar-refractivity contribution in [2.45, 2.75) is 19.8 Å². The zero-order chi connectivity index (χ0) is 10.8. The van der Waals surface area contributed by atoms with Crippen molar-refractivity contribution in [1.29, 1.82) is 0 Å². The van der Waals surface area contributed by atoms with Gasteiger partial charge in [-0.3, -0.25) is 4.79 Å². The number of hydrogen-bond donors (Lipinski definition) is 1. The molecule has 1 aromatic rings. The highest BCUT2D eigenvalue weighted by molar-refractivity contribution is 5.94. The molecule has 1 aromatic carbocycles. The lowest BCUT2D eigenvalue weighted by Gasteiger charge is -2.11. The number of ether oxygens (including phenoxy) is 1. The molecule has 3 nitrogen and oxygen atoms in total. The van der Waals surface area contributed by atoms with Crippen LogP contribution in [-0.2, 0) is 4.79 Å². The molecule has 0 heterocycles. The number of rotatable bonds is 3. The lowest BCUT2D eigenvalue weighted by atomic mass is 10.1. The van der Waals surface area contributed by atoms with Gasteiger partial charge < -0.3 is 10.1 Å². The third kappa shape index (κ3) is 2.12. The number of benzene rings is 1. The van der Waals surface area contributed by atoms with Gasteiger partial charge in [0, 0.05) is 17.2 Å². The highest BCUT2D eigenvalue weighted by Gasteiger charge is 2.29. The summed E-state index contributed by atoms with van der Waals surface area (Å²) in [6.45, 7) is 1.95. The van der Waals surface area contributed by atoms with Crippen molar-refractivity contribution in [3.63, 3.8) is 0 Å². The minimum atomic E-state index is 0.131. The molecule has 2 rings (SSSR count). The van der Waals surface area contributed by atoms with Crippen LogP contribution < -0.4 is 10.1 Å². The summed E-state index contributed by atoms with van der Waals surface area (Å²) in [6.07, 6.45) is 2.05. The summed E-state index contributed by atoms with van der Waals surface area (Å²) >= 11 is 0. The first-order chi connectivity index (χ1) is 7.22. The maximum atomic E-state index is 11.6. The van der Waals surface area contributed by atoms with Gasteiger partial charge in [0.05, 0.1) is 7.11 Å². The molecule has 0 unspecified atom stereocenters. The van der Waals surface area contributed by atoms with Gasteiger partial charge in [-0.15, -0.1) is 0 Å². The Hall–Kier alpha value is -1.51. The first-order valence-electron chi connectivity index (χ1n) is 5.17. The molecule has 1 amide bonds. The van der Waals surface area contributed by atoms with E-state index in [0.29, 0.717) is 0 Å². The van der Waals surface area contributed by atoms with Crippen LogP contribution in [0.4, 0.5) is 5.69 Å². The Bertz CT molecular complexity index is 383. The van der Waals surface area contributed by atoms with Crippen LogP contribution in [0.5, 0.6) is 5.75 Å². The van der Waals surface area contributed by atoms with Gasteiger partial charge in [0.2, 0.25) is 5.91 Å². The lowest BCUT2D eigenvalue weighted by Crippen LogP contribution is -2.14. The summed E-state index contributed by atoms with van der Waals surface area (Å²) in [4.78, 5) is 11.6. The third-order valence-corrected chi connectivity index (χ3v) is 2.71. The number of amides is 1. The number of carbonyl (C=O) groups excluding carboxylic acids is 1. The topological polar surface area (TPSA) is 38.3 Å². The van der Waals surface area contributed by atoms with Crippen LogP contribution in [-0.4, -0.2) is 13.0 Å². The lowest BCUT2D eigenvalue weighted by molar-refractivity contribution is -0.117. The molecule has 0 aliphatic heterocycles. The number of nitrogens with one attached hydrogen (secondary N) is 1. The molecule has 1 aliphatic rings. The van der Waals surface area contributed by atoms with E-state index in [4.69, 9.17) is 4.74 Å². The predicted molar refractivity (Wildman–Crippen MR) is 59.1 cm³/mol. The third-order valence-electron chi connectivity index (χ3n) is 2.71. The summed E-state index contributed by atoms with van der Waals surface area (Å²) in [5, 5.41) is 2.93. The molecular formula is C12H15NO2. The van der Waals surface area contributed by atoms with Crippen LogP contribution in [0.1, 0.15) is 18.4 Å². The van der Waals surface area contributed by atoms with Crippen molar-refractivity contribution < 1.29 is 9.53 Å². The monoisotopic (exact) mass is 205 g/mol. The van der Waals surface area contributed by atoms with Crippen LogP contribution in [0.2, 0.25) is 0 Å². The van der Waals surface area contributed by atoms with Crippen LogP contribution in [0.3, 0.4) is 0 Å². The molecule has 1 N–H and O–H groups in total. The van der Waals surface area contributed by atoms with Gasteiger partial charge in [0.25, 0.3) is 0 Å². The molecular weight excluding hydrogens is 190 g/mol. The molecule has 1 fully saturated rings. The van der Waals surface area contributed by atoms with Gasteiger partial charge in [-0.1, -0.05) is 6.07 Å². The van der Waals surface area contributed by atoms with Crippen molar-refractivity contribution in [1.82, 2.24) is 0 Å². The van der Waals surface area contributed by atoms with E-state index < -0.39 is 0 Å². The Morgan fingerprint density at radius 2 is 2.20 bits per heavy atom. The van der Waals surface area contributed by atoms with Crippen LogP contribution in [0, 0.1) is 12.8 Å². The Morgan fingerprint density at radius 3 is 2.80 bits per heavy atom. The van der Waals surface area contributed by atoms with E-state index in [1.807, 2.05) is 25.1 Å². The van der Waals surface area contributed by atoms with Crippen LogP contribution in [0.15, 0.2) is 18.2 Å². The van der Waals surface area contributed by atoms with E-state index in [1.165, 1.54) is 0 Å². The second-order valence-corrected chi connectivity index (χ2v) is 3.90. The van der Waals surface area contributed by atoms with E-state index in [9.17, 15) is 4.79 Å². The molecule has 0 bridgehead atoms. The first-order valence-corrected chi connectivity index (χ1v) is 5.17. The minimum Gasteiger partial charge on any atom is -0.496 e. The maximum absolute atomic E-state index is 11.6. The van der Waals surface area contributed by atoms with Crippen molar-refractivity contribution in [2.24, 2.45) is 5.92 Å². The van der Waals surface area contributed by atoms with Crippen molar-refractivity contribution in [3.8, 4) is 5.75 Å². The fraction of sp³-hybridized carbons (Fsp3) is 0.417. The molecule has 0 atom stereocenters. The average molecular weight is 205 g/mol. The molecule has 1 aliphatic carbocycles. The average Bonchev–Trinajstić information content (AvgIpc) is 3.04. The van der Waals surface area contributed by atoms with Crippen LogP contribution >= 0.6 is 0 Å². The highest BCUT2D eigenvalue weighted by atomic mass is 16.5. The first kappa shape index (κ1) is 10.0. The van der Waals surface area contributed by atoms with Crippen molar-refractivity contribution in [3.05, 3.63) is 23.8 Å². The second kappa shape index (κ2) is 3.93. The maximum Gasteiger partial charge on any atom is 0.227 e. The number of carbonyl (C=O) groups is 1. The van der Waals surface area contributed by atoms with Gasteiger partial charge in [-0.25, -0.2) is 0 Å². The Kier molecular flexibility index (Phi) is 2.62. The normalized spacial score (nSPS) is 14.8. The van der Waals surface area contributed by atoms with Crippen molar-refractivity contribution >= 4 is 11.6 Å². The Labute approximate surface area is 89.4 Å². The summed E-state index contributed by atoms with van der Waals surface area (Å²) in [5.41, 5.74) is 1.83. The van der Waals surface area contributed by atoms with Gasteiger partial charge in [-0.2, -0.15) is 0 Å². The molecule has 3 heteroatoms. The summed E-state index contributed by atoms with van der Waals surface area (Å²) in [5.74, 6) is 1.17. The van der Waals surface area contributed by atoms with E-state index in [2.05, 4.69) is 5.32 Å². The van der Waals surface area contributed by atoms with E-state index in [1.54, 1.807) is 7.11 Å². The molecule has 15 heavy (non-hydrogen) atoms. The Balaban J connectivity index is 2.16. The van der Waals surface area contributed by atoms with Crippen molar-refractivity contribution in [2.75, 3.05) is 12.4 Å². The molecule has 0 saturated heterocycles. The molecule has 1 saturated carbocycles. The highest BCUT2D eigenvalue weighted by Crippen LogP contribution is 2.32. The largest absolute Gasteiger partial charge is 0.496 e. The number of anilines is 1. The smallest absolute Gasteiger partial charge is 0.227 e. The zero-order valence-corrected chi connectivity index (χ0v) is 9.04. The van der Waals surface area contributed by atoms with E-state index in [-0.39, 0.29) is 11.8 Å². The molecule has 0 aromatic heterocycles. The predicted octanol–water partition coefficient (Wildman–Crippen LogP) is 2.35. The molecule has 0 spiro atoms. The summed E-state index contributed by atoms with van der Waals surface area (Å²) < 4.78 is 5.19. The number of hydrogen-bond acceptors (Lipinski definition) is 2. The van der Waals surface area contributed by atoms with Gasteiger partial charge in [0.1, 0.15) is 5.75 Å². The number of methoxy groups -OCH3 is 1. The van der Waals surface area contributed by atoms with E-state index in [0.717, 1.165) is 29.8 Å². The van der Waals surface area contributed by atoms with Gasteiger partial charge in [-0.05, 0) is 31.9 Å². The fourth-order valence-corrected chi connectivity index (χ4v) is 1.55. The van der Waals surface area contributed by atoms with E-state index >= 15 is 0 Å².